The number of fused-ring (bicyclic) bond motifs is 1. The summed E-state index contributed by atoms with van der Waals surface area (Å²) in [5, 5.41) is 11.9. The molecule has 1 aromatic heterocycles. The Kier molecular flexibility index (Phi) is 2.17. The normalized spacial score (nSPS) is 13.0. The van der Waals surface area contributed by atoms with Crippen molar-refractivity contribution in [1.29, 1.82) is 5.26 Å². The van der Waals surface area contributed by atoms with Gasteiger partial charge in [-0.1, -0.05) is 6.07 Å². The minimum atomic E-state index is 0.00341. The first-order valence-electron chi connectivity index (χ1n) is 5.53. The van der Waals surface area contributed by atoms with Crippen molar-refractivity contribution in [1.82, 2.24) is 9.55 Å². The van der Waals surface area contributed by atoms with Crippen molar-refractivity contribution in [3.63, 3.8) is 0 Å². The molecule has 0 unspecified atom stereocenters. The Balaban J connectivity index is 2.12. The lowest BCUT2D eigenvalue weighted by atomic mass is 10.0. The predicted octanol–water partition coefficient (Wildman–Crippen LogP) is 1.45. The van der Waals surface area contributed by atoms with Gasteiger partial charge in [0, 0.05) is 18.3 Å². The minimum absolute atomic E-state index is 0.00341. The van der Waals surface area contributed by atoms with Crippen LogP contribution in [0.25, 0.3) is 11.3 Å². The average Bonchev–Trinajstić information content (AvgIpc) is 2.89. The van der Waals surface area contributed by atoms with Gasteiger partial charge in [0.25, 0.3) is 0 Å². The third-order valence-corrected chi connectivity index (χ3v) is 3.05. The number of aryl methyl sites for hydroxylation is 1. The van der Waals surface area contributed by atoms with E-state index in [4.69, 9.17) is 5.26 Å². The molecule has 0 radical (unpaired) electrons. The number of rotatable bonds is 1. The SMILES string of the molecule is Cn1cnc(-c2ccc3c(c2)CC(=O)N3)c1C#N. The molecule has 18 heavy (non-hydrogen) atoms. The molecule has 0 aliphatic carbocycles. The van der Waals surface area contributed by atoms with Crippen LogP contribution < -0.4 is 5.32 Å². The van der Waals surface area contributed by atoms with E-state index in [-0.39, 0.29) is 5.91 Å². The molecule has 1 amide bonds. The van der Waals surface area contributed by atoms with Gasteiger partial charge in [-0.05, 0) is 17.7 Å². The van der Waals surface area contributed by atoms with Crippen molar-refractivity contribution >= 4 is 11.6 Å². The van der Waals surface area contributed by atoms with E-state index in [0.29, 0.717) is 17.8 Å². The zero-order valence-electron chi connectivity index (χ0n) is 9.77. The topological polar surface area (TPSA) is 70.7 Å². The highest BCUT2D eigenvalue weighted by Crippen LogP contribution is 2.29. The van der Waals surface area contributed by atoms with Gasteiger partial charge in [0.2, 0.25) is 5.91 Å². The lowest BCUT2D eigenvalue weighted by Crippen LogP contribution is -2.03. The summed E-state index contributed by atoms with van der Waals surface area (Å²) < 4.78 is 1.69. The van der Waals surface area contributed by atoms with Crippen molar-refractivity contribution in [3.05, 3.63) is 35.8 Å². The summed E-state index contributed by atoms with van der Waals surface area (Å²) in [4.78, 5) is 15.5. The maximum absolute atomic E-state index is 11.3. The number of anilines is 1. The van der Waals surface area contributed by atoms with Crippen LogP contribution in [0.3, 0.4) is 0 Å². The molecule has 1 N–H and O–H groups in total. The van der Waals surface area contributed by atoms with E-state index in [1.165, 1.54) is 0 Å². The van der Waals surface area contributed by atoms with Crippen LogP contribution in [0.1, 0.15) is 11.3 Å². The summed E-state index contributed by atoms with van der Waals surface area (Å²) in [7, 11) is 1.79. The maximum atomic E-state index is 11.3. The van der Waals surface area contributed by atoms with Gasteiger partial charge >= 0.3 is 0 Å². The van der Waals surface area contributed by atoms with E-state index >= 15 is 0 Å². The predicted molar refractivity (Wildman–Crippen MR) is 65.7 cm³/mol. The Hall–Kier alpha value is -2.61. The number of imidazole rings is 1. The van der Waals surface area contributed by atoms with Crippen LogP contribution in [-0.4, -0.2) is 15.5 Å². The molecule has 2 heterocycles. The number of aromatic nitrogens is 2. The average molecular weight is 238 g/mol. The van der Waals surface area contributed by atoms with Gasteiger partial charge in [-0.25, -0.2) is 4.98 Å². The van der Waals surface area contributed by atoms with Gasteiger partial charge in [-0.3, -0.25) is 4.79 Å². The lowest BCUT2D eigenvalue weighted by Gasteiger charge is -2.02. The fourth-order valence-electron chi connectivity index (χ4n) is 2.15. The molecule has 1 aliphatic heterocycles. The maximum Gasteiger partial charge on any atom is 0.228 e. The Morgan fingerprint density at radius 2 is 2.33 bits per heavy atom. The van der Waals surface area contributed by atoms with Gasteiger partial charge < -0.3 is 9.88 Å². The van der Waals surface area contributed by atoms with Gasteiger partial charge in [-0.15, -0.1) is 0 Å². The standard InChI is InChI=1S/C13H10N4O/c1-17-7-15-13(11(17)6-14)8-2-3-10-9(4-8)5-12(18)16-10/h2-4,7H,5H2,1H3,(H,16,18). The molecule has 5 nitrogen and oxygen atoms in total. The zero-order chi connectivity index (χ0) is 12.7. The summed E-state index contributed by atoms with van der Waals surface area (Å²) >= 11 is 0. The number of nitrogens with zero attached hydrogens (tertiary/aromatic N) is 3. The third kappa shape index (κ3) is 1.47. The van der Waals surface area contributed by atoms with E-state index in [1.807, 2.05) is 18.2 Å². The van der Waals surface area contributed by atoms with Crippen molar-refractivity contribution in [3.8, 4) is 17.3 Å². The molecule has 2 aromatic rings. The van der Waals surface area contributed by atoms with E-state index in [9.17, 15) is 4.79 Å². The second kappa shape index (κ2) is 3.70. The second-order valence-corrected chi connectivity index (χ2v) is 4.26. The molecule has 88 valence electrons. The number of hydrogen-bond donors (Lipinski definition) is 1. The van der Waals surface area contributed by atoms with E-state index in [2.05, 4.69) is 16.4 Å². The van der Waals surface area contributed by atoms with Gasteiger partial charge in [0.15, 0.2) is 0 Å². The molecular formula is C13H10N4O. The molecule has 1 aliphatic rings. The number of nitriles is 1. The van der Waals surface area contributed by atoms with Crippen LogP contribution in [0.4, 0.5) is 5.69 Å². The van der Waals surface area contributed by atoms with Crippen molar-refractivity contribution in [2.75, 3.05) is 5.32 Å². The minimum Gasteiger partial charge on any atom is -0.326 e. The molecule has 0 saturated heterocycles. The largest absolute Gasteiger partial charge is 0.326 e. The van der Waals surface area contributed by atoms with Crippen LogP contribution >= 0.6 is 0 Å². The van der Waals surface area contributed by atoms with Gasteiger partial charge in [0.1, 0.15) is 17.5 Å². The zero-order valence-corrected chi connectivity index (χ0v) is 9.77. The third-order valence-electron chi connectivity index (χ3n) is 3.05. The number of nitrogens with one attached hydrogen (secondary N) is 1. The molecule has 0 saturated carbocycles. The molecule has 1 aromatic carbocycles. The van der Waals surface area contributed by atoms with Crippen LogP contribution in [0.2, 0.25) is 0 Å². The second-order valence-electron chi connectivity index (χ2n) is 4.26. The van der Waals surface area contributed by atoms with Crippen LogP contribution in [-0.2, 0) is 18.3 Å². The first kappa shape index (κ1) is 10.5. The van der Waals surface area contributed by atoms with Gasteiger partial charge in [0.05, 0.1) is 12.7 Å². The smallest absolute Gasteiger partial charge is 0.228 e. The highest BCUT2D eigenvalue weighted by molar-refractivity contribution is 5.99. The number of carbonyl (C=O) groups is 1. The van der Waals surface area contributed by atoms with Crippen LogP contribution in [0, 0.1) is 11.3 Å². The number of benzene rings is 1. The Bertz CT molecular complexity index is 694. The van der Waals surface area contributed by atoms with Crippen molar-refractivity contribution < 1.29 is 4.79 Å². The number of hydrogen-bond acceptors (Lipinski definition) is 3. The molecule has 0 atom stereocenters. The molecule has 3 rings (SSSR count). The Morgan fingerprint density at radius 3 is 3.11 bits per heavy atom. The summed E-state index contributed by atoms with van der Waals surface area (Å²) in [6, 6.07) is 7.77. The van der Waals surface area contributed by atoms with Gasteiger partial charge in [-0.2, -0.15) is 5.26 Å². The fraction of sp³-hybridized carbons (Fsp3) is 0.154. The molecule has 0 spiro atoms. The molecular weight excluding hydrogens is 228 g/mol. The van der Waals surface area contributed by atoms with E-state index in [0.717, 1.165) is 16.8 Å². The Labute approximate surface area is 104 Å². The first-order chi connectivity index (χ1) is 8.69. The van der Waals surface area contributed by atoms with E-state index < -0.39 is 0 Å². The van der Waals surface area contributed by atoms with Crippen LogP contribution in [0.5, 0.6) is 0 Å². The highest BCUT2D eigenvalue weighted by Gasteiger charge is 2.19. The molecule has 5 heteroatoms. The van der Waals surface area contributed by atoms with E-state index in [1.54, 1.807) is 17.9 Å². The highest BCUT2D eigenvalue weighted by atomic mass is 16.1. The first-order valence-corrected chi connectivity index (χ1v) is 5.53. The molecule has 0 bridgehead atoms. The molecule has 0 fully saturated rings. The van der Waals surface area contributed by atoms with Crippen LogP contribution in [0.15, 0.2) is 24.5 Å². The number of amides is 1. The number of carbonyl (C=O) groups excluding carboxylic acids is 1. The van der Waals surface area contributed by atoms with Crippen molar-refractivity contribution in [2.45, 2.75) is 6.42 Å². The van der Waals surface area contributed by atoms with Crippen molar-refractivity contribution in [2.24, 2.45) is 7.05 Å². The summed E-state index contributed by atoms with van der Waals surface area (Å²) in [5.74, 6) is 0.00341. The summed E-state index contributed by atoms with van der Waals surface area (Å²) in [6.45, 7) is 0. The summed E-state index contributed by atoms with van der Waals surface area (Å²) in [5.41, 5.74) is 3.84. The monoisotopic (exact) mass is 238 g/mol. The lowest BCUT2D eigenvalue weighted by molar-refractivity contribution is -0.115. The fourth-order valence-corrected chi connectivity index (χ4v) is 2.15. The quantitative estimate of drug-likeness (QED) is 0.817. The summed E-state index contributed by atoms with van der Waals surface area (Å²) in [6.07, 6.45) is 2.00. The Morgan fingerprint density at radius 1 is 1.50 bits per heavy atom.